The maximum absolute atomic E-state index is 12.4. The number of likely N-dealkylation sites (tertiary alicyclic amines) is 1. The number of halogens is 3. The SMILES string of the molecule is CCOC(=O)CCCCCCN1C(=O)CC[C@@H]1C=CC(=O)Cc1cccc(OC(F)(F)F)c1. The summed E-state index contributed by atoms with van der Waals surface area (Å²) in [6.07, 6.45) is 2.99. The summed E-state index contributed by atoms with van der Waals surface area (Å²) in [7, 11) is 0. The summed E-state index contributed by atoms with van der Waals surface area (Å²) in [5.74, 6) is -0.786. The molecule has 0 bridgehead atoms. The number of hydrogen-bond acceptors (Lipinski definition) is 5. The van der Waals surface area contributed by atoms with Crippen LogP contribution in [0.15, 0.2) is 36.4 Å². The Hall–Kier alpha value is -2.84. The Balaban J connectivity index is 1.78. The van der Waals surface area contributed by atoms with Crippen LogP contribution in [-0.4, -0.2) is 48.1 Å². The van der Waals surface area contributed by atoms with Gasteiger partial charge in [0.2, 0.25) is 5.91 Å². The lowest BCUT2D eigenvalue weighted by molar-refractivity contribution is -0.274. The zero-order valence-electron chi connectivity index (χ0n) is 18.7. The molecule has 1 aliphatic heterocycles. The minimum Gasteiger partial charge on any atom is -0.466 e. The van der Waals surface area contributed by atoms with Gasteiger partial charge in [-0.25, -0.2) is 0 Å². The molecule has 1 fully saturated rings. The molecule has 1 aromatic carbocycles. The van der Waals surface area contributed by atoms with Crippen molar-refractivity contribution in [2.75, 3.05) is 13.2 Å². The maximum Gasteiger partial charge on any atom is 0.573 e. The minimum atomic E-state index is -4.79. The van der Waals surface area contributed by atoms with Crippen LogP contribution in [0.4, 0.5) is 13.2 Å². The van der Waals surface area contributed by atoms with E-state index in [2.05, 4.69) is 4.74 Å². The smallest absolute Gasteiger partial charge is 0.466 e. The Kier molecular flexibility index (Phi) is 10.4. The number of amides is 1. The van der Waals surface area contributed by atoms with Gasteiger partial charge in [0, 0.05) is 25.8 Å². The molecule has 33 heavy (non-hydrogen) atoms. The molecule has 0 spiro atoms. The van der Waals surface area contributed by atoms with E-state index in [1.54, 1.807) is 24.0 Å². The number of nitrogens with zero attached hydrogens (tertiary/aromatic N) is 1. The first-order valence-corrected chi connectivity index (χ1v) is 11.2. The zero-order chi connectivity index (χ0) is 24.3. The largest absolute Gasteiger partial charge is 0.573 e. The second-order valence-electron chi connectivity index (χ2n) is 7.86. The van der Waals surface area contributed by atoms with Gasteiger partial charge in [-0.1, -0.05) is 31.1 Å². The van der Waals surface area contributed by atoms with Crippen molar-refractivity contribution in [3.63, 3.8) is 0 Å². The summed E-state index contributed by atoms with van der Waals surface area (Å²) in [4.78, 5) is 37.6. The monoisotopic (exact) mass is 469 g/mol. The molecular weight excluding hydrogens is 439 g/mol. The molecule has 0 radical (unpaired) electrons. The van der Waals surface area contributed by atoms with Crippen LogP contribution < -0.4 is 4.74 Å². The molecule has 0 N–H and O–H groups in total. The molecule has 9 heteroatoms. The van der Waals surface area contributed by atoms with Gasteiger partial charge in [0.05, 0.1) is 12.6 Å². The fraction of sp³-hybridized carbons (Fsp3) is 0.542. The lowest BCUT2D eigenvalue weighted by Gasteiger charge is -2.22. The second-order valence-corrected chi connectivity index (χ2v) is 7.86. The standard InChI is InChI=1S/C24H30F3NO5/c1-2-32-23(31)10-5-3-4-6-15-28-19(12-14-22(28)30)11-13-20(29)16-18-8-7-9-21(17-18)33-24(25,26)27/h7-9,11,13,17,19H,2-6,10,12,14-16H2,1H3/t19-/m0/s1. The molecule has 182 valence electrons. The van der Waals surface area contributed by atoms with Gasteiger partial charge in [0.1, 0.15) is 5.75 Å². The lowest BCUT2D eigenvalue weighted by atomic mass is 10.1. The van der Waals surface area contributed by atoms with Crippen molar-refractivity contribution in [1.29, 1.82) is 0 Å². The highest BCUT2D eigenvalue weighted by molar-refractivity contribution is 5.91. The Morgan fingerprint density at radius 3 is 2.67 bits per heavy atom. The van der Waals surface area contributed by atoms with Crippen molar-refractivity contribution >= 4 is 17.7 Å². The number of rotatable bonds is 13. The van der Waals surface area contributed by atoms with Gasteiger partial charge in [-0.3, -0.25) is 14.4 Å². The summed E-state index contributed by atoms with van der Waals surface area (Å²) in [6, 6.07) is 5.16. The van der Waals surface area contributed by atoms with E-state index in [4.69, 9.17) is 4.74 Å². The molecule has 1 aliphatic rings. The number of ether oxygens (including phenoxy) is 2. The van der Waals surface area contributed by atoms with Crippen LogP contribution in [0.3, 0.4) is 0 Å². The summed E-state index contributed by atoms with van der Waals surface area (Å²) in [6.45, 7) is 2.73. The van der Waals surface area contributed by atoms with Gasteiger partial charge in [0.25, 0.3) is 0 Å². The maximum atomic E-state index is 12.4. The highest BCUT2D eigenvalue weighted by Gasteiger charge is 2.31. The minimum absolute atomic E-state index is 0.0422. The topological polar surface area (TPSA) is 72.9 Å². The predicted molar refractivity (Wildman–Crippen MR) is 115 cm³/mol. The Labute approximate surface area is 191 Å². The van der Waals surface area contributed by atoms with Crippen LogP contribution in [0.25, 0.3) is 0 Å². The van der Waals surface area contributed by atoms with Gasteiger partial charge in [-0.15, -0.1) is 13.2 Å². The van der Waals surface area contributed by atoms with Crippen LogP contribution in [0.5, 0.6) is 5.75 Å². The highest BCUT2D eigenvalue weighted by Crippen LogP contribution is 2.24. The highest BCUT2D eigenvalue weighted by atomic mass is 19.4. The van der Waals surface area contributed by atoms with Crippen molar-refractivity contribution < 1.29 is 37.0 Å². The third-order valence-electron chi connectivity index (χ3n) is 5.22. The Morgan fingerprint density at radius 1 is 1.18 bits per heavy atom. The number of ketones is 1. The molecule has 1 atom stereocenters. The molecule has 1 saturated heterocycles. The molecule has 1 aromatic rings. The molecule has 0 aliphatic carbocycles. The number of hydrogen-bond donors (Lipinski definition) is 0. The number of carbonyl (C=O) groups excluding carboxylic acids is 3. The van der Waals surface area contributed by atoms with Crippen LogP contribution in [0.2, 0.25) is 0 Å². The molecular formula is C24H30F3NO5. The van der Waals surface area contributed by atoms with E-state index in [1.807, 2.05) is 0 Å². The van der Waals surface area contributed by atoms with Gasteiger partial charge < -0.3 is 14.4 Å². The first-order chi connectivity index (χ1) is 15.7. The van der Waals surface area contributed by atoms with Crippen molar-refractivity contribution in [2.45, 2.75) is 70.7 Å². The van der Waals surface area contributed by atoms with E-state index >= 15 is 0 Å². The zero-order valence-corrected chi connectivity index (χ0v) is 18.7. The molecule has 1 amide bonds. The van der Waals surface area contributed by atoms with Crippen LogP contribution >= 0.6 is 0 Å². The first-order valence-electron chi connectivity index (χ1n) is 11.2. The normalized spacial score (nSPS) is 16.4. The van der Waals surface area contributed by atoms with Crippen molar-refractivity contribution in [3.05, 3.63) is 42.0 Å². The van der Waals surface area contributed by atoms with Crippen molar-refractivity contribution in [1.82, 2.24) is 4.90 Å². The van der Waals surface area contributed by atoms with E-state index in [0.717, 1.165) is 25.7 Å². The van der Waals surface area contributed by atoms with E-state index in [1.165, 1.54) is 24.3 Å². The van der Waals surface area contributed by atoms with Crippen molar-refractivity contribution in [2.24, 2.45) is 0 Å². The molecule has 0 aromatic heterocycles. The predicted octanol–water partition coefficient (Wildman–Crippen LogP) is 4.76. The van der Waals surface area contributed by atoms with E-state index in [0.29, 0.717) is 38.0 Å². The summed E-state index contributed by atoms with van der Waals surface area (Å²) < 4.78 is 45.8. The van der Waals surface area contributed by atoms with E-state index in [9.17, 15) is 27.6 Å². The Morgan fingerprint density at radius 2 is 1.94 bits per heavy atom. The summed E-state index contributed by atoms with van der Waals surface area (Å²) in [5, 5.41) is 0. The van der Waals surface area contributed by atoms with Crippen LogP contribution in [0.1, 0.15) is 57.4 Å². The number of alkyl halides is 3. The van der Waals surface area contributed by atoms with Crippen LogP contribution in [0, 0.1) is 0 Å². The quantitative estimate of drug-likeness (QED) is 0.237. The van der Waals surface area contributed by atoms with Gasteiger partial charge in [-0.05, 0) is 50.0 Å². The van der Waals surface area contributed by atoms with Gasteiger partial charge in [0.15, 0.2) is 5.78 Å². The molecule has 1 heterocycles. The van der Waals surface area contributed by atoms with Crippen molar-refractivity contribution in [3.8, 4) is 5.75 Å². The third kappa shape index (κ3) is 10.1. The number of allylic oxidation sites excluding steroid dienone is 1. The van der Waals surface area contributed by atoms with Gasteiger partial charge in [-0.2, -0.15) is 0 Å². The average molecular weight is 470 g/mol. The van der Waals surface area contributed by atoms with Gasteiger partial charge >= 0.3 is 12.3 Å². The van der Waals surface area contributed by atoms with E-state index in [-0.39, 0.29) is 35.9 Å². The summed E-state index contributed by atoms with van der Waals surface area (Å²) >= 11 is 0. The average Bonchev–Trinajstić information content (AvgIpc) is 3.07. The number of benzene rings is 1. The molecule has 0 saturated carbocycles. The lowest BCUT2D eigenvalue weighted by Crippen LogP contribution is -2.32. The number of unbranched alkanes of at least 4 members (excludes halogenated alkanes) is 3. The number of esters is 1. The Bertz CT molecular complexity index is 838. The molecule has 6 nitrogen and oxygen atoms in total. The third-order valence-corrected chi connectivity index (χ3v) is 5.22. The van der Waals surface area contributed by atoms with Crippen LogP contribution in [-0.2, 0) is 25.5 Å². The molecule has 0 unspecified atom stereocenters. The fourth-order valence-corrected chi connectivity index (χ4v) is 3.72. The molecule has 2 rings (SSSR count). The summed E-state index contributed by atoms with van der Waals surface area (Å²) in [5.41, 5.74) is 0.411. The second kappa shape index (κ2) is 13.0. The fourth-order valence-electron chi connectivity index (χ4n) is 3.72. The van der Waals surface area contributed by atoms with E-state index < -0.39 is 6.36 Å². The first kappa shape index (κ1) is 26.4. The number of carbonyl (C=O) groups is 3.